The first-order chi connectivity index (χ1) is 12.7. The zero-order valence-corrected chi connectivity index (χ0v) is 15.6. The first-order valence-corrected chi connectivity index (χ1v) is 9.18. The molecular formula is C18H11Cl2N5S. The number of aliphatic imine (C=N–C) groups is 1. The first-order valence-electron chi connectivity index (χ1n) is 7.61. The molecule has 5 nitrogen and oxygen atoms in total. The van der Waals surface area contributed by atoms with Crippen LogP contribution in [0.2, 0.25) is 10.0 Å². The molecule has 0 bridgehead atoms. The van der Waals surface area contributed by atoms with Crippen LogP contribution in [0.25, 0.3) is 16.3 Å². The van der Waals surface area contributed by atoms with Crippen molar-refractivity contribution in [2.24, 2.45) is 4.99 Å². The molecule has 0 atom stereocenters. The van der Waals surface area contributed by atoms with Crippen LogP contribution in [0.1, 0.15) is 5.56 Å². The fourth-order valence-electron chi connectivity index (χ4n) is 2.34. The Morgan fingerprint density at radius 3 is 2.65 bits per heavy atom. The van der Waals surface area contributed by atoms with Crippen LogP contribution in [0.4, 0.5) is 5.13 Å². The van der Waals surface area contributed by atoms with E-state index in [1.54, 1.807) is 29.4 Å². The monoisotopic (exact) mass is 399 g/mol. The Hall–Kier alpha value is -2.54. The summed E-state index contributed by atoms with van der Waals surface area (Å²) in [4.78, 5) is 13.2. The fourth-order valence-corrected chi connectivity index (χ4v) is 3.66. The summed E-state index contributed by atoms with van der Waals surface area (Å²) in [6, 6.07) is 15.2. The molecule has 0 amide bonds. The number of hydrogen-bond acceptors (Lipinski definition) is 5. The van der Waals surface area contributed by atoms with E-state index in [0.29, 0.717) is 15.2 Å². The predicted molar refractivity (Wildman–Crippen MR) is 106 cm³/mol. The summed E-state index contributed by atoms with van der Waals surface area (Å²) < 4.78 is 1.69. The molecule has 128 valence electrons. The predicted octanol–water partition coefficient (Wildman–Crippen LogP) is 5.45. The van der Waals surface area contributed by atoms with Gasteiger partial charge >= 0.3 is 0 Å². The zero-order valence-electron chi connectivity index (χ0n) is 13.3. The van der Waals surface area contributed by atoms with Crippen molar-refractivity contribution >= 4 is 45.9 Å². The molecule has 0 spiro atoms. The molecule has 26 heavy (non-hydrogen) atoms. The van der Waals surface area contributed by atoms with E-state index in [2.05, 4.69) is 20.1 Å². The summed E-state index contributed by atoms with van der Waals surface area (Å²) >= 11 is 13.5. The van der Waals surface area contributed by atoms with E-state index in [1.807, 2.05) is 36.4 Å². The van der Waals surface area contributed by atoms with E-state index < -0.39 is 0 Å². The van der Waals surface area contributed by atoms with E-state index in [0.717, 1.165) is 21.8 Å². The Balaban J connectivity index is 1.75. The summed E-state index contributed by atoms with van der Waals surface area (Å²) in [5.74, 6) is 0. The van der Waals surface area contributed by atoms with Gasteiger partial charge < -0.3 is 0 Å². The van der Waals surface area contributed by atoms with Gasteiger partial charge in [-0.1, -0.05) is 70.9 Å². The van der Waals surface area contributed by atoms with Crippen molar-refractivity contribution in [2.45, 2.75) is 0 Å². The number of hydrogen-bond donors (Lipinski definition) is 0. The van der Waals surface area contributed by atoms with Crippen molar-refractivity contribution in [2.75, 3.05) is 0 Å². The van der Waals surface area contributed by atoms with Crippen LogP contribution in [0.15, 0.2) is 66.2 Å². The number of halogens is 2. The Morgan fingerprint density at radius 2 is 1.92 bits per heavy atom. The van der Waals surface area contributed by atoms with Crippen LogP contribution < -0.4 is 0 Å². The standard InChI is InChI=1S/C18H11Cl2N5S/c19-14-7-6-13(15(20)8-14)9-22-18-24-16(12-4-2-1-3-5-12)17(26-18)25-11-21-10-23-25/h1-11H. The Kier molecular flexibility index (Phi) is 4.79. The van der Waals surface area contributed by atoms with Crippen molar-refractivity contribution in [1.29, 1.82) is 0 Å². The second kappa shape index (κ2) is 7.37. The van der Waals surface area contributed by atoms with Crippen LogP contribution in [0.5, 0.6) is 0 Å². The van der Waals surface area contributed by atoms with Gasteiger partial charge in [-0.2, -0.15) is 5.10 Å². The van der Waals surface area contributed by atoms with Crippen LogP contribution in [-0.2, 0) is 0 Å². The maximum Gasteiger partial charge on any atom is 0.211 e. The molecular weight excluding hydrogens is 389 g/mol. The normalized spacial score (nSPS) is 11.3. The minimum absolute atomic E-state index is 0.539. The highest BCUT2D eigenvalue weighted by Gasteiger charge is 2.15. The molecule has 0 radical (unpaired) electrons. The second-order valence-corrected chi connectivity index (χ2v) is 7.08. The van der Waals surface area contributed by atoms with Gasteiger partial charge in [0.15, 0.2) is 0 Å². The zero-order chi connectivity index (χ0) is 17.9. The topological polar surface area (TPSA) is 56.0 Å². The van der Waals surface area contributed by atoms with Crippen LogP contribution in [-0.4, -0.2) is 26.0 Å². The molecule has 2 aromatic heterocycles. The van der Waals surface area contributed by atoms with Crippen LogP contribution in [0.3, 0.4) is 0 Å². The third kappa shape index (κ3) is 3.53. The highest BCUT2D eigenvalue weighted by molar-refractivity contribution is 7.18. The number of benzene rings is 2. The minimum atomic E-state index is 0.539. The first kappa shape index (κ1) is 16.9. The van der Waals surface area contributed by atoms with Crippen LogP contribution in [0, 0.1) is 0 Å². The summed E-state index contributed by atoms with van der Waals surface area (Å²) in [5.41, 5.74) is 2.56. The molecule has 0 saturated heterocycles. The number of thiazole rings is 1. The van der Waals surface area contributed by atoms with Gasteiger partial charge in [-0.15, -0.1) is 0 Å². The van der Waals surface area contributed by atoms with Gasteiger partial charge in [-0.25, -0.2) is 19.6 Å². The van der Waals surface area contributed by atoms with E-state index >= 15 is 0 Å². The number of aromatic nitrogens is 4. The lowest BCUT2D eigenvalue weighted by atomic mass is 10.2. The van der Waals surface area contributed by atoms with E-state index in [9.17, 15) is 0 Å². The Morgan fingerprint density at radius 1 is 1.08 bits per heavy atom. The highest BCUT2D eigenvalue weighted by Crippen LogP contribution is 2.35. The summed E-state index contributed by atoms with van der Waals surface area (Å²) in [5, 5.41) is 6.79. The van der Waals surface area contributed by atoms with E-state index in [-0.39, 0.29) is 0 Å². The largest absolute Gasteiger partial charge is 0.227 e. The average Bonchev–Trinajstić information content (AvgIpc) is 3.31. The molecule has 2 aromatic carbocycles. The second-order valence-electron chi connectivity index (χ2n) is 5.28. The SMILES string of the molecule is Clc1ccc(C=Nc2nc(-c3ccccc3)c(-n3cncn3)s2)c(Cl)c1. The van der Waals surface area contributed by atoms with E-state index in [1.165, 1.54) is 17.7 Å². The van der Waals surface area contributed by atoms with Gasteiger partial charge in [0.2, 0.25) is 5.13 Å². The summed E-state index contributed by atoms with van der Waals surface area (Å²) in [7, 11) is 0. The molecule has 0 fully saturated rings. The van der Waals surface area contributed by atoms with Crippen molar-refractivity contribution in [3.05, 3.63) is 76.8 Å². The highest BCUT2D eigenvalue weighted by atomic mass is 35.5. The van der Waals surface area contributed by atoms with E-state index in [4.69, 9.17) is 23.2 Å². The lowest BCUT2D eigenvalue weighted by molar-refractivity contribution is 0.895. The molecule has 0 N–H and O–H groups in total. The Bertz CT molecular complexity index is 1060. The quantitative estimate of drug-likeness (QED) is 0.428. The van der Waals surface area contributed by atoms with Crippen molar-refractivity contribution in [1.82, 2.24) is 19.7 Å². The van der Waals surface area contributed by atoms with Gasteiger partial charge in [0.1, 0.15) is 23.3 Å². The fraction of sp³-hybridized carbons (Fsp3) is 0. The van der Waals surface area contributed by atoms with Gasteiger partial charge in [-0.05, 0) is 12.1 Å². The third-order valence-corrected chi connectivity index (χ3v) is 5.06. The van der Waals surface area contributed by atoms with Crippen LogP contribution >= 0.6 is 34.5 Å². The molecule has 0 aliphatic heterocycles. The maximum atomic E-state index is 6.19. The molecule has 4 aromatic rings. The lowest BCUT2D eigenvalue weighted by Crippen LogP contribution is -1.93. The molecule has 8 heteroatoms. The Labute approximate surface area is 163 Å². The van der Waals surface area contributed by atoms with Crippen molar-refractivity contribution < 1.29 is 0 Å². The van der Waals surface area contributed by atoms with Gasteiger partial charge in [0.05, 0.1) is 5.02 Å². The van der Waals surface area contributed by atoms with Gasteiger partial charge in [0, 0.05) is 22.4 Å². The smallest absolute Gasteiger partial charge is 0.211 e. The molecule has 0 aliphatic carbocycles. The third-order valence-electron chi connectivity index (χ3n) is 3.55. The molecule has 2 heterocycles. The summed E-state index contributed by atoms with van der Waals surface area (Å²) in [6.07, 6.45) is 4.81. The summed E-state index contributed by atoms with van der Waals surface area (Å²) in [6.45, 7) is 0. The number of nitrogens with zero attached hydrogens (tertiary/aromatic N) is 5. The molecule has 0 saturated carbocycles. The number of rotatable bonds is 4. The average molecular weight is 400 g/mol. The lowest BCUT2D eigenvalue weighted by Gasteiger charge is -2.00. The van der Waals surface area contributed by atoms with Crippen molar-refractivity contribution in [3.63, 3.8) is 0 Å². The molecule has 0 aliphatic rings. The maximum absolute atomic E-state index is 6.19. The van der Waals surface area contributed by atoms with Gasteiger partial charge in [0.25, 0.3) is 0 Å². The molecule has 4 rings (SSSR count). The molecule has 0 unspecified atom stereocenters. The minimum Gasteiger partial charge on any atom is -0.227 e. The van der Waals surface area contributed by atoms with Gasteiger partial charge in [-0.3, -0.25) is 0 Å². The van der Waals surface area contributed by atoms with Crippen molar-refractivity contribution in [3.8, 4) is 16.3 Å².